The fourth-order valence-electron chi connectivity index (χ4n) is 1.08. The number of carbonyl (C=O) groups excluding carboxylic acids is 1. The summed E-state index contributed by atoms with van der Waals surface area (Å²) in [6, 6.07) is 0. The minimum atomic E-state index is -3.49. The first-order valence-corrected chi connectivity index (χ1v) is 4.49. The third kappa shape index (κ3) is 0.494. The van der Waals surface area contributed by atoms with Gasteiger partial charge in [-0.3, -0.25) is 4.79 Å². The van der Waals surface area contributed by atoms with Crippen LogP contribution in [0.1, 0.15) is 10.6 Å². The number of hydrogen-bond donors (Lipinski definition) is 0. The lowest BCUT2D eigenvalue weighted by atomic mass is 10.4. The number of fused-ring (bicyclic) bond motifs is 1. The van der Waals surface area contributed by atoms with Crippen molar-refractivity contribution in [1.82, 2.24) is 0 Å². The minimum Gasteiger partial charge on any atom is -0.415 e. The summed E-state index contributed by atoms with van der Waals surface area (Å²) < 4.78 is 30.1. The van der Waals surface area contributed by atoms with Crippen molar-refractivity contribution >= 4 is 14.1 Å². The van der Waals surface area contributed by atoms with Crippen molar-refractivity contribution < 1.29 is 27.3 Å². The summed E-state index contributed by atoms with van der Waals surface area (Å²) in [5.41, 5.74) is 0. The highest BCUT2D eigenvalue weighted by Gasteiger charge is 2.55. The summed E-state index contributed by atoms with van der Waals surface area (Å²) >= 11 is 0. The standard InChI is InChI=1S/C5HO6P/c6-1-2-3-4-5(8-2)11-12(7,9-3)10-4/h1H. The van der Waals surface area contributed by atoms with Crippen molar-refractivity contribution in [1.29, 1.82) is 0 Å². The Labute approximate surface area is 65.6 Å². The van der Waals surface area contributed by atoms with Crippen LogP contribution in [-0.4, -0.2) is 6.29 Å². The largest absolute Gasteiger partial charge is 0.650 e. The first-order valence-electron chi connectivity index (χ1n) is 3.03. The van der Waals surface area contributed by atoms with Gasteiger partial charge in [-0.25, -0.2) is 0 Å². The first kappa shape index (κ1) is 6.14. The third-order valence-corrected chi connectivity index (χ3v) is 2.73. The second-order valence-electron chi connectivity index (χ2n) is 2.25. The van der Waals surface area contributed by atoms with Crippen molar-refractivity contribution in [3.05, 3.63) is 5.76 Å². The summed E-state index contributed by atoms with van der Waals surface area (Å²) in [6.07, 6.45) is 0.441. The Morgan fingerprint density at radius 3 is 2.50 bits per heavy atom. The Hall–Kier alpha value is -1.42. The van der Waals surface area contributed by atoms with Gasteiger partial charge in [-0.15, -0.1) is 0 Å². The lowest BCUT2D eigenvalue weighted by Gasteiger charge is -2.00. The number of hydrogen-bond acceptors (Lipinski definition) is 6. The van der Waals surface area contributed by atoms with E-state index in [9.17, 15) is 9.36 Å². The van der Waals surface area contributed by atoms with Crippen LogP contribution in [-0.2, 0) is 4.57 Å². The van der Waals surface area contributed by atoms with E-state index in [1.807, 2.05) is 0 Å². The Bertz CT molecular complexity index is 425. The van der Waals surface area contributed by atoms with Crippen LogP contribution >= 0.6 is 7.82 Å². The Morgan fingerprint density at radius 1 is 1.17 bits per heavy atom. The molecule has 0 amide bonds. The molecule has 2 aliphatic heterocycles. The fraction of sp³-hybridized carbons (Fsp3) is 0. The molecule has 0 fully saturated rings. The van der Waals surface area contributed by atoms with Crippen molar-refractivity contribution in [2.45, 2.75) is 0 Å². The smallest absolute Gasteiger partial charge is 0.415 e. The molecule has 6 nitrogen and oxygen atoms in total. The van der Waals surface area contributed by atoms with E-state index < -0.39 is 7.82 Å². The summed E-state index contributed by atoms with van der Waals surface area (Å²) in [5.74, 6) is 0.104. The molecule has 0 aliphatic carbocycles. The highest BCUT2D eigenvalue weighted by atomic mass is 31.2. The molecule has 2 aliphatic rings. The predicted octanol–water partition coefficient (Wildman–Crippen LogP) is 1.36. The average Bonchev–Trinajstić information content (AvgIpc) is 2.53. The van der Waals surface area contributed by atoms with Gasteiger partial charge in [-0.05, 0) is 0 Å². The zero-order chi connectivity index (χ0) is 8.34. The fourth-order valence-corrected chi connectivity index (χ4v) is 2.29. The van der Waals surface area contributed by atoms with Crippen LogP contribution in [0.25, 0.3) is 0 Å². The van der Waals surface area contributed by atoms with Gasteiger partial charge in [0.1, 0.15) is 0 Å². The molecule has 1 unspecified atom stereocenters. The highest BCUT2D eigenvalue weighted by molar-refractivity contribution is 7.50. The highest BCUT2D eigenvalue weighted by Crippen LogP contribution is 2.70. The maximum absolute atomic E-state index is 11.2. The van der Waals surface area contributed by atoms with Crippen molar-refractivity contribution in [3.63, 3.8) is 0 Å². The maximum Gasteiger partial charge on any atom is 0.650 e. The second-order valence-corrected chi connectivity index (χ2v) is 3.69. The topological polar surface area (TPSA) is 75.0 Å². The predicted molar refractivity (Wildman–Crippen MR) is 33.6 cm³/mol. The van der Waals surface area contributed by atoms with Crippen molar-refractivity contribution in [3.8, 4) is 17.4 Å². The zero-order valence-corrected chi connectivity index (χ0v) is 6.37. The molecule has 3 heterocycles. The normalized spacial score (nSPS) is 27.7. The van der Waals surface area contributed by atoms with Gasteiger partial charge in [0, 0.05) is 0 Å². The van der Waals surface area contributed by atoms with E-state index in [1.54, 1.807) is 0 Å². The van der Waals surface area contributed by atoms with Crippen LogP contribution in [0.2, 0.25) is 0 Å². The summed E-state index contributed by atoms with van der Waals surface area (Å²) in [4.78, 5) is 10.3. The van der Waals surface area contributed by atoms with E-state index in [0.29, 0.717) is 6.29 Å². The Kier molecular flexibility index (Phi) is 0.774. The van der Waals surface area contributed by atoms with Gasteiger partial charge >= 0.3 is 13.8 Å². The van der Waals surface area contributed by atoms with Crippen LogP contribution in [0.15, 0.2) is 4.42 Å². The van der Waals surface area contributed by atoms with Gasteiger partial charge in [0.25, 0.3) is 5.75 Å². The SMILES string of the molecule is O=Cc1oc2c3c1OP(=O)(O2)O3. The van der Waals surface area contributed by atoms with Gasteiger partial charge in [-0.2, -0.15) is 4.57 Å². The summed E-state index contributed by atoms with van der Waals surface area (Å²) in [7, 11) is -3.49. The molecule has 0 saturated carbocycles. The van der Waals surface area contributed by atoms with E-state index >= 15 is 0 Å². The van der Waals surface area contributed by atoms with E-state index in [1.165, 1.54) is 0 Å². The molecule has 1 atom stereocenters. The average molecular weight is 188 g/mol. The Morgan fingerprint density at radius 2 is 1.92 bits per heavy atom. The molecular formula is C5HO6P. The monoisotopic (exact) mass is 188 g/mol. The van der Waals surface area contributed by atoms with Crippen LogP contribution in [0, 0.1) is 0 Å². The number of carbonyl (C=O) groups is 1. The summed E-state index contributed by atoms with van der Waals surface area (Å²) in [6.45, 7) is 0. The van der Waals surface area contributed by atoms with Gasteiger partial charge < -0.3 is 18.0 Å². The molecule has 1 aromatic rings. The van der Waals surface area contributed by atoms with E-state index in [0.717, 1.165) is 0 Å². The molecule has 0 spiro atoms. The van der Waals surface area contributed by atoms with E-state index in [-0.39, 0.29) is 23.2 Å². The van der Waals surface area contributed by atoms with E-state index in [2.05, 4.69) is 4.52 Å². The molecule has 0 N–H and O–H groups in total. The molecule has 0 radical (unpaired) electrons. The molecular weight excluding hydrogens is 187 g/mol. The second kappa shape index (κ2) is 1.51. The van der Waals surface area contributed by atoms with E-state index in [4.69, 9.17) is 13.5 Å². The molecule has 7 heteroatoms. The molecule has 1 aromatic heterocycles. The third-order valence-electron chi connectivity index (χ3n) is 1.53. The number of furan rings is 1. The minimum absolute atomic E-state index is 0.0401. The Balaban J connectivity index is 2.36. The van der Waals surface area contributed by atoms with Gasteiger partial charge in [-0.1, -0.05) is 0 Å². The van der Waals surface area contributed by atoms with Gasteiger partial charge in [0.15, 0.2) is 6.29 Å². The lowest BCUT2D eigenvalue weighted by molar-refractivity contribution is 0.109. The number of rotatable bonds is 1. The number of phosphoric ester groups is 1. The molecule has 0 saturated heterocycles. The van der Waals surface area contributed by atoms with Gasteiger partial charge in [0.05, 0.1) is 0 Å². The lowest BCUT2D eigenvalue weighted by Crippen LogP contribution is -1.94. The van der Waals surface area contributed by atoms with Crippen LogP contribution < -0.4 is 13.6 Å². The molecule has 3 rings (SSSR count). The zero-order valence-electron chi connectivity index (χ0n) is 5.47. The first-order chi connectivity index (χ1) is 5.72. The van der Waals surface area contributed by atoms with Crippen LogP contribution in [0.5, 0.6) is 17.4 Å². The number of phosphoric acid groups is 1. The maximum atomic E-state index is 11.2. The molecule has 62 valence electrons. The molecule has 2 bridgehead atoms. The summed E-state index contributed by atoms with van der Waals surface area (Å²) in [5, 5.41) is 0. The number of aldehydes is 1. The van der Waals surface area contributed by atoms with Crippen LogP contribution in [0.4, 0.5) is 0 Å². The quantitative estimate of drug-likeness (QED) is 0.489. The molecule has 12 heavy (non-hydrogen) atoms. The molecule has 0 aromatic carbocycles. The van der Waals surface area contributed by atoms with Crippen molar-refractivity contribution in [2.75, 3.05) is 0 Å². The van der Waals surface area contributed by atoms with Crippen molar-refractivity contribution in [2.24, 2.45) is 0 Å². The van der Waals surface area contributed by atoms with Crippen LogP contribution in [0.3, 0.4) is 0 Å². The van der Waals surface area contributed by atoms with Gasteiger partial charge in [0.2, 0.25) is 11.5 Å².